The van der Waals surface area contributed by atoms with Crippen molar-refractivity contribution in [2.24, 2.45) is 0 Å². The van der Waals surface area contributed by atoms with E-state index in [2.05, 4.69) is 0 Å². The second kappa shape index (κ2) is 8.43. The molecule has 146 valence electrons. The summed E-state index contributed by atoms with van der Waals surface area (Å²) in [6.07, 6.45) is 6.11. The Kier molecular flexibility index (Phi) is 6.17. The lowest BCUT2D eigenvalue weighted by atomic mass is 9.93. The lowest BCUT2D eigenvalue weighted by Crippen LogP contribution is -2.69. The number of benzene rings is 1. The first kappa shape index (κ1) is 20.5. The number of carbonyl (C=O) groups is 1. The Labute approximate surface area is 172 Å². The normalized spacial score (nSPS) is 24.3. The largest absolute Gasteiger partial charge is 0.759 e. The summed E-state index contributed by atoms with van der Waals surface area (Å²) < 4.78 is 13.5. The number of methoxy groups -OCH3 is 1. The number of nitrogens with one attached hydrogen (secondary N) is 1. The monoisotopic (exact) mass is 420 g/mol. The Bertz CT molecular complexity index is 905. The number of ether oxygens (including phenoxy) is 2. The zero-order chi connectivity index (χ0) is 20.2. The van der Waals surface area contributed by atoms with Crippen LogP contribution in [0.1, 0.15) is 5.56 Å². The van der Waals surface area contributed by atoms with Gasteiger partial charge in [-0.1, -0.05) is 59.6 Å². The fraction of sp³-hybridized carbons (Fsp3) is 0.200. The standard InChI is InChI=1S/C20H18Cl2N2O4/c1-27-20(24-10-6-3-7-11-24)17(21)12-16(18(25)23-26)13-19(20,22)28-14-15-8-4-2-5-9-15/h2-13H,14H2,1H3,(H-,23,25,26). The van der Waals surface area contributed by atoms with Crippen LogP contribution in [-0.4, -0.2) is 18.1 Å². The van der Waals surface area contributed by atoms with Crippen molar-refractivity contribution in [1.29, 1.82) is 0 Å². The molecule has 1 aromatic carbocycles. The highest BCUT2D eigenvalue weighted by Gasteiger charge is 2.64. The summed E-state index contributed by atoms with van der Waals surface area (Å²) in [7, 11) is 1.44. The van der Waals surface area contributed by atoms with Gasteiger partial charge in [-0.2, -0.15) is 4.57 Å². The molecule has 2 unspecified atom stereocenters. The van der Waals surface area contributed by atoms with Crippen molar-refractivity contribution in [1.82, 2.24) is 5.48 Å². The van der Waals surface area contributed by atoms with Crippen molar-refractivity contribution in [2.75, 3.05) is 7.11 Å². The maximum Gasteiger partial charge on any atom is 0.357 e. The van der Waals surface area contributed by atoms with E-state index in [0.717, 1.165) is 5.56 Å². The molecule has 0 saturated carbocycles. The minimum Gasteiger partial charge on any atom is -0.759 e. The van der Waals surface area contributed by atoms with Crippen molar-refractivity contribution in [2.45, 2.75) is 17.4 Å². The summed E-state index contributed by atoms with van der Waals surface area (Å²) in [6.45, 7) is 0.121. The van der Waals surface area contributed by atoms with Gasteiger partial charge in [-0.25, -0.2) is 0 Å². The van der Waals surface area contributed by atoms with Gasteiger partial charge in [0.15, 0.2) is 12.4 Å². The van der Waals surface area contributed by atoms with E-state index in [1.54, 1.807) is 29.1 Å². The first-order valence-corrected chi connectivity index (χ1v) is 9.14. The summed E-state index contributed by atoms with van der Waals surface area (Å²) >= 11 is 13.5. The van der Waals surface area contributed by atoms with Gasteiger partial charge in [0.25, 0.3) is 5.06 Å². The molecule has 0 saturated heterocycles. The van der Waals surface area contributed by atoms with Crippen LogP contribution in [0.2, 0.25) is 0 Å². The minimum atomic E-state index is -1.72. The van der Waals surface area contributed by atoms with Gasteiger partial charge in [0.05, 0.1) is 6.61 Å². The van der Waals surface area contributed by atoms with Gasteiger partial charge in [0.2, 0.25) is 5.91 Å². The molecular formula is C20H18Cl2N2O4. The molecule has 1 aliphatic carbocycles. The lowest BCUT2D eigenvalue weighted by molar-refractivity contribution is -0.806. The SMILES string of the molecule is COC1([n+]2ccccc2)C(Cl)=CC(C(=O)N[O-])=CC1(Cl)OCc1ccccc1. The van der Waals surface area contributed by atoms with Gasteiger partial charge in [-0.05, 0) is 17.7 Å². The third-order valence-corrected chi connectivity index (χ3v) is 5.27. The van der Waals surface area contributed by atoms with E-state index in [-0.39, 0.29) is 17.2 Å². The summed E-state index contributed by atoms with van der Waals surface area (Å²) in [5, 5.41) is 9.25. The minimum absolute atomic E-state index is 0.0210. The van der Waals surface area contributed by atoms with Crippen LogP contribution in [0.3, 0.4) is 0 Å². The number of hydroxylamine groups is 1. The molecule has 0 radical (unpaired) electrons. The van der Waals surface area contributed by atoms with Crippen LogP contribution in [0.15, 0.2) is 83.7 Å². The zero-order valence-corrected chi connectivity index (χ0v) is 16.5. The van der Waals surface area contributed by atoms with Crippen molar-refractivity contribution in [3.05, 3.63) is 94.5 Å². The highest BCUT2D eigenvalue weighted by atomic mass is 35.5. The van der Waals surface area contributed by atoms with Crippen molar-refractivity contribution < 1.29 is 18.8 Å². The van der Waals surface area contributed by atoms with Gasteiger partial charge >= 0.3 is 5.72 Å². The van der Waals surface area contributed by atoms with E-state index >= 15 is 0 Å². The van der Waals surface area contributed by atoms with Crippen molar-refractivity contribution in [3.63, 3.8) is 0 Å². The first-order chi connectivity index (χ1) is 13.5. The van der Waals surface area contributed by atoms with E-state index in [1.807, 2.05) is 36.4 Å². The number of nitrogens with zero attached hydrogens (tertiary/aromatic N) is 1. The maximum atomic E-state index is 12.0. The predicted octanol–water partition coefficient (Wildman–Crippen LogP) is 3.10. The van der Waals surface area contributed by atoms with Crippen LogP contribution in [0, 0.1) is 5.21 Å². The molecule has 1 aromatic heterocycles. The quantitative estimate of drug-likeness (QED) is 0.442. The highest BCUT2D eigenvalue weighted by Crippen LogP contribution is 2.47. The number of halogens is 2. The summed E-state index contributed by atoms with van der Waals surface area (Å²) in [5.41, 5.74) is 0.668. The lowest BCUT2D eigenvalue weighted by Gasteiger charge is -2.40. The molecule has 8 heteroatoms. The van der Waals surface area contributed by atoms with Crippen molar-refractivity contribution in [3.8, 4) is 0 Å². The molecule has 1 amide bonds. The van der Waals surface area contributed by atoms with Gasteiger partial charge in [0, 0.05) is 24.8 Å². The smallest absolute Gasteiger partial charge is 0.357 e. The zero-order valence-electron chi connectivity index (χ0n) is 15.0. The number of pyridine rings is 1. The summed E-state index contributed by atoms with van der Waals surface area (Å²) in [6, 6.07) is 14.8. The summed E-state index contributed by atoms with van der Waals surface area (Å²) in [5.74, 6) is -0.880. The van der Waals surface area contributed by atoms with Gasteiger partial charge in [-0.15, -0.1) is 0 Å². The Morgan fingerprint density at radius 2 is 1.82 bits per heavy atom. The topological polar surface area (TPSA) is 74.5 Å². The Morgan fingerprint density at radius 3 is 2.43 bits per heavy atom. The average molecular weight is 421 g/mol. The van der Waals surface area contributed by atoms with E-state index in [1.165, 1.54) is 24.7 Å². The number of aromatic nitrogens is 1. The van der Waals surface area contributed by atoms with E-state index in [4.69, 9.17) is 32.7 Å². The fourth-order valence-corrected chi connectivity index (χ4v) is 4.01. The highest BCUT2D eigenvalue weighted by molar-refractivity contribution is 6.33. The molecule has 0 fully saturated rings. The molecule has 1 heterocycles. The number of hydrogen-bond donors (Lipinski definition) is 1. The third-order valence-electron chi connectivity index (χ3n) is 4.43. The molecule has 0 bridgehead atoms. The van der Waals surface area contributed by atoms with Gasteiger partial charge in [-0.3, -0.25) is 4.79 Å². The van der Waals surface area contributed by atoms with Crippen LogP contribution in [0.25, 0.3) is 0 Å². The Morgan fingerprint density at radius 1 is 1.18 bits per heavy atom. The second-order valence-corrected chi connectivity index (χ2v) is 7.04. The van der Waals surface area contributed by atoms with Gasteiger partial charge < -0.3 is 20.2 Å². The molecule has 0 aliphatic heterocycles. The van der Waals surface area contributed by atoms with Crippen LogP contribution in [0.4, 0.5) is 0 Å². The molecule has 2 aromatic rings. The van der Waals surface area contributed by atoms with Crippen LogP contribution >= 0.6 is 23.2 Å². The molecular weight excluding hydrogens is 403 g/mol. The average Bonchev–Trinajstić information content (AvgIpc) is 2.73. The third kappa shape index (κ3) is 3.57. The molecule has 1 N–H and O–H groups in total. The van der Waals surface area contributed by atoms with Crippen LogP contribution in [-0.2, 0) is 26.6 Å². The second-order valence-electron chi connectivity index (χ2n) is 6.07. The number of rotatable bonds is 6. The number of hydrogen-bond acceptors (Lipinski definition) is 4. The molecule has 28 heavy (non-hydrogen) atoms. The molecule has 6 nitrogen and oxygen atoms in total. The van der Waals surface area contributed by atoms with E-state index in [0.29, 0.717) is 0 Å². The van der Waals surface area contributed by atoms with Crippen LogP contribution in [0.5, 0.6) is 0 Å². The van der Waals surface area contributed by atoms with E-state index < -0.39 is 16.7 Å². The van der Waals surface area contributed by atoms with Crippen molar-refractivity contribution >= 4 is 29.1 Å². The maximum absolute atomic E-state index is 12.0. The number of carbonyl (C=O) groups excluding carboxylic acids is 1. The molecule has 1 aliphatic rings. The van der Waals surface area contributed by atoms with E-state index in [9.17, 15) is 10.0 Å². The summed E-state index contributed by atoms with van der Waals surface area (Å²) in [4.78, 5) is 12.0. The molecule has 3 rings (SSSR count). The molecule has 2 atom stereocenters. The first-order valence-electron chi connectivity index (χ1n) is 8.38. The van der Waals surface area contributed by atoms with Crippen LogP contribution < -0.4 is 10.0 Å². The number of alkyl halides is 1. The predicted molar refractivity (Wildman–Crippen MR) is 105 cm³/mol. The van der Waals surface area contributed by atoms with Gasteiger partial charge in [0.1, 0.15) is 5.03 Å². The fourth-order valence-electron chi connectivity index (χ4n) is 3.08. The molecule has 0 spiro atoms. The number of amides is 1. The Hall–Kier alpha value is -2.22. The Balaban J connectivity index is 2.11.